The van der Waals surface area contributed by atoms with Crippen LogP contribution in [0.3, 0.4) is 0 Å². The third-order valence-electron chi connectivity index (χ3n) is 29.8. The summed E-state index contributed by atoms with van der Waals surface area (Å²) in [7, 11) is 0. The molecule has 14 aromatic rings. The molecule has 0 fully saturated rings. The van der Waals surface area contributed by atoms with Gasteiger partial charge >= 0.3 is 0 Å². The monoisotopic (exact) mass is 1690 g/mol. The van der Waals surface area contributed by atoms with E-state index in [2.05, 4.69) is 498 Å². The van der Waals surface area contributed by atoms with Crippen molar-refractivity contribution in [3.05, 3.63) is 367 Å². The summed E-state index contributed by atoms with van der Waals surface area (Å²) in [6, 6.07) is 105. The summed E-state index contributed by atoms with van der Waals surface area (Å²) in [5.41, 5.74) is 52.1. The van der Waals surface area contributed by atoms with Gasteiger partial charge in [-0.25, -0.2) is 0 Å². The van der Waals surface area contributed by atoms with Crippen LogP contribution in [0.2, 0.25) is 0 Å². The average Bonchev–Trinajstić information content (AvgIpc) is 1.59. The molecule has 4 aliphatic carbocycles. The molecule has 0 saturated carbocycles. The molecule has 0 aliphatic heterocycles. The van der Waals surface area contributed by atoms with Gasteiger partial charge in [-0.15, -0.1) is 0 Å². The number of nitrogens with zero attached hydrogens (tertiary/aromatic N) is 2. The second-order valence-electron chi connectivity index (χ2n) is 47.9. The zero-order chi connectivity index (χ0) is 92.9. The highest BCUT2D eigenvalue weighted by atomic mass is 15.1. The summed E-state index contributed by atoms with van der Waals surface area (Å²) in [4.78, 5) is 4.94. The Morgan fingerprint density at radius 1 is 0.171 bits per heavy atom. The zero-order valence-electron chi connectivity index (χ0n) is 83.8. The Bertz CT molecular complexity index is 6490. The van der Waals surface area contributed by atoms with E-state index >= 15 is 0 Å². The van der Waals surface area contributed by atoms with Gasteiger partial charge in [-0.05, 0) is 334 Å². The van der Waals surface area contributed by atoms with Gasteiger partial charge in [0.05, 0.1) is 0 Å². The molecule has 4 aliphatic rings. The molecule has 18 rings (SSSR count). The Hall–Kier alpha value is -11.3. The lowest BCUT2D eigenvalue weighted by Crippen LogP contribution is -2.19. The molecule has 14 aromatic carbocycles. The van der Waals surface area contributed by atoms with Crippen molar-refractivity contribution in [2.45, 2.75) is 281 Å². The third-order valence-corrected chi connectivity index (χ3v) is 29.8. The lowest BCUT2D eigenvalue weighted by Gasteiger charge is -2.33. The van der Waals surface area contributed by atoms with Gasteiger partial charge in [0.2, 0.25) is 0 Å². The van der Waals surface area contributed by atoms with E-state index in [0.717, 1.165) is 34.1 Å². The van der Waals surface area contributed by atoms with Crippen LogP contribution < -0.4 is 9.80 Å². The largest absolute Gasteiger partial charge is 0.310 e. The van der Waals surface area contributed by atoms with Gasteiger partial charge in [0, 0.05) is 55.8 Å². The molecule has 0 N–H and O–H groups in total. The summed E-state index contributed by atoms with van der Waals surface area (Å²) in [6.45, 7) is 74.9. The number of rotatable bonds is 10. The van der Waals surface area contributed by atoms with E-state index in [1.807, 2.05) is 0 Å². The maximum atomic E-state index is 2.54. The average molecular weight is 1690 g/mol. The minimum atomic E-state index is -0.190. The Kier molecular flexibility index (Phi) is 21.5. The van der Waals surface area contributed by atoms with Gasteiger partial charge in [-0.2, -0.15) is 0 Å². The zero-order valence-corrected chi connectivity index (χ0v) is 83.8. The highest BCUT2D eigenvalue weighted by Gasteiger charge is 2.43. The normalized spacial score (nSPS) is 14.9. The number of anilines is 6. The Labute approximate surface area is 775 Å². The number of fused-ring (bicyclic) bond motifs is 12. The van der Waals surface area contributed by atoms with Crippen LogP contribution in [0.4, 0.5) is 34.1 Å². The van der Waals surface area contributed by atoms with Crippen molar-refractivity contribution >= 4 is 34.1 Å². The Balaban J connectivity index is 0.000000181. The minimum absolute atomic E-state index is 0.0482. The van der Waals surface area contributed by atoms with E-state index in [1.165, 1.54) is 189 Å². The predicted octanol–water partition coefficient (Wildman–Crippen LogP) is 36.2. The fourth-order valence-corrected chi connectivity index (χ4v) is 21.4. The molecule has 129 heavy (non-hydrogen) atoms. The summed E-state index contributed by atoms with van der Waals surface area (Å²) < 4.78 is 0. The Morgan fingerprint density at radius 3 is 0.574 bits per heavy atom. The molecule has 0 spiro atoms. The van der Waals surface area contributed by atoms with Crippen molar-refractivity contribution < 1.29 is 0 Å². The number of hydrogen-bond donors (Lipinski definition) is 0. The van der Waals surface area contributed by atoms with Crippen LogP contribution in [0.5, 0.6) is 0 Å². The summed E-state index contributed by atoms with van der Waals surface area (Å²) in [5, 5.41) is 0. The number of benzene rings is 14. The highest BCUT2D eigenvalue weighted by Crippen LogP contribution is 2.59. The SMILES string of the molecule is Cc1ccc(N(c2ccc(C(C)(C)C)cc2)c2cc(-c3ccc4c(c3)C(C)(C)c3cc(C(C)(C)C)ccc3-4)c(C(C)(C)C)c(-c3ccc4c(c3)C(C)(C)c3cc(C(C)(C)C)ccc3-4)c2)cc1.Cc1ccc(N(c2ccc(C(C)(C)C)cc2)c2cc(-c3ccc4c(c3)C(C)(C)c3cc(C(C)(C)C)ccc3-4)c(C)c(-c3ccc4c(c3)C(C)(C)c3cc(C(C)(C)C)ccc3-4)c2)cc1. The molecule has 0 unspecified atom stereocenters. The first-order valence-corrected chi connectivity index (χ1v) is 47.6. The van der Waals surface area contributed by atoms with Gasteiger partial charge in [-0.3, -0.25) is 0 Å². The first-order chi connectivity index (χ1) is 60.1. The summed E-state index contributed by atoms with van der Waals surface area (Å²) in [6.07, 6.45) is 0. The highest BCUT2D eigenvalue weighted by molar-refractivity contribution is 5.96. The standard InChI is InChI=1S/C65H73N.C62H67N/c1-40-18-26-46(27-19-40)66(47-28-22-43(23-29-47)60(2,3)4)48-38-53(41-20-30-49-51-32-24-44(61(5,6)7)36-57(51)64(14,15)55(49)34-41)59(63(11,12)13)54(39-48)42-21-31-50-52-33-25-45(62(8,9)10)37-58(52)65(16,17)56(50)35-42;1-38-16-24-45(25-17-38)63(46-26-20-42(21-27-46)58(3,4)5)47-36-52(40-18-28-48-50-30-22-43(59(6,7)8)34-56(50)61(12,13)54(48)32-40)39(2)53(37-47)41-19-29-49-51-31-23-44(60(9,10)11)35-57(51)62(14,15)55(49)33-41/h18-39H,1-17H3;16-37H,1-15H3. The van der Waals surface area contributed by atoms with Crippen LogP contribution in [-0.4, -0.2) is 0 Å². The van der Waals surface area contributed by atoms with Crippen LogP contribution in [0.15, 0.2) is 267 Å². The van der Waals surface area contributed by atoms with Crippen molar-refractivity contribution in [2.24, 2.45) is 0 Å². The van der Waals surface area contributed by atoms with Gasteiger partial charge in [0.25, 0.3) is 0 Å². The maximum Gasteiger partial charge on any atom is 0.0474 e. The molecule has 0 radical (unpaired) electrons. The van der Waals surface area contributed by atoms with Crippen molar-refractivity contribution in [3.8, 4) is 89.0 Å². The van der Waals surface area contributed by atoms with Crippen LogP contribution in [0.25, 0.3) is 89.0 Å². The maximum absolute atomic E-state index is 2.54. The van der Waals surface area contributed by atoms with Crippen LogP contribution >= 0.6 is 0 Å². The lowest BCUT2D eigenvalue weighted by atomic mass is 9.75. The van der Waals surface area contributed by atoms with E-state index in [-0.39, 0.29) is 59.6 Å². The first-order valence-electron chi connectivity index (χ1n) is 47.6. The van der Waals surface area contributed by atoms with E-state index in [0.29, 0.717) is 0 Å². The molecule has 0 aromatic heterocycles. The van der Waals surface area contributed by atoms with E-state index < -0.39 is 0 Å². The third kappa shape index (κ3) is 15.9. The topological polar surface area (TPSA) is 6.48 Å². The number of hydrogen-bond acceptors (Lipinski definition) is 2. The fraction of sp³-hybridized carbons (Fsp3) is 0.339. The molecule has 2 nitrogen and oxygen atoms in total. The van der Waals surface area contributed by atoms with Crippen LogP contribution in [0.1, 0.15) is 301 Å². The van der Waals surface area contributed by atoms with Crippen molar-refractivity contribution in [1.29, 1.82) is 0 Å². The molecular formula is C127H140N2. The van der Waals surface area contributed by atoms with Gasteiger partial charge in [0.15, 0.2) is 0 Å². The second-order valence-corrected chi connectivity index (χ2v) is 47.9. The first kappa shape index (κ1) is 89.7. The second kappa shape index (κ2) is 30.9. The summed E-state index contributed by atoms with van der Waals surface area (Å²) >= 11 is 0. The lowest BCUT2D eigenvalue weighted by molar-refractivity contribution is 0.584. The summed E-state index contributed by atoms with van der Waals surface area (Å²) in [5.74, 6) is 0. The molecule has 0 heterocycles. The van der Waals surface area contributed by atoms with Crippen LogP contribution in [0, 0.1) is 20.8 Å². The van der Waals surface area contributed by atoms with E-state index in [9.17, 15) is 0 Å². The molecule has 0 saturated heterocycles. The number of aryl methyl sites for hydroxylation is 2. The predicted molar refractivity (Wildman–Crippen MR) is 559 cm³/mol. The van der Waals surface area contributed by atoms with Crippen LogP contribution in [-0.2, 0) is 59.6 Å². The van der Waals surface area contributed by atoms with E-state index in [4.69, 9.17) is 0 Å². The van der Waals surface area contributed by atoms with Gasteiger partial charge in [-0.1, -0.05) is 382 Å². The molecular weight excluding hydrogens is 1550 g/mol. The Morgan fingerprint density at radius 2 is 0.357 bits per heavy atom. The van der Waals surface area contributed by atoms with Gasteiger partial charge in [0.1, 0.15) is 0 Å². The van der Waals surface area contributed by atoms with E-state index in [1.54, 1.807) is 0 Å². The van der Waals surface area contributed by atoms with Crippen molar-refractivity contribution in [3.63, 3.8) is 0 Å². The smallest absolute Gasteiger partial charge is 0.0474 e. The van der Waals surface area contributed by atoms with Crippen molar-refractivity contribution in [2.75, 3.05) is 9.80 Å². The fourth-order valence-electron chi connectivity index (χ4n) is 21.4. The molecule has 0 bridgehead atoms. The molecule has 0 atom stereocenters. The van der Waals surface area contributed by atoms with Crippen molar-refractivity contribution in [1.82, 2.24) is 0 Å². The van der Waals surface area contributed by atoms with Gasteiger partial charge < -0.3 is 9.80 Å². The minimum Gasteiger partial charge on any atom is -0.310 e. The quantitative estimate of drug-likeness (QED) is 0.135. The molecule has 0 amide bonds. The molecule has 658 valence electrons. The molecule has 2 heteroatoms.